The quantitative estimate of drug-likeness (QED) is 0.596. The molecule has 0 aliphatic rings. The molecule has 5 nitrogen and oxygen atoms in total. The maximum atomic E-state index is 12.7. The Balaban J connectivity index is 1.79. The number of carbonyl (C=O) groups is 1. The van der Waals surface area contributed by atoms with Crippen molar-refractivity contribution in [2.45, 2.75) is 6.54 Å². The van der Waals surface area contributed by atoms with Crippen LogP contribution in [0.4, 0.5) is 0 Å². The first kappa shape index (κ1) is 19.2. The number of amides is 1. The molecule has 0 atom stereocenters. The molecule has 0 spiro atoms. The van der Waals surface area contributed by atoms with Gasteiger partial charge < -0.3 is 14.4 Å². The Morgan fingerprint density at radius 2 is 1.89 bits per heavy atom. The lowest BCUT2D eigenvalue weighted by atomic mass is 10.2. The van der Waals surface area contributed by atoms with E-state index in [1.165, 1.54) is 11.3 Å². The Bertz CT molecular complexity index is 958. The maximum absolute atomic E-state index is 12.7. The van der Waals surface area contributed by atoms with E-state index in [2.05, 4.69) is 4.98 Å². The van der Waals surface area contributed by atoms with Crippen LogP contribution in [-0.4, -0.2) is 37.1 Å². The summed E-state index contributed by atoms with van der Waals surface area (Å²) < 4.78 is 10.6. The SMILES string of the molecule is COc1ccc(-c2nc(C(=O)N(C)Cc3ccccc3Cl)cs2)cc1OC. The molecule has 3 rings (SSSR count). The highest BCUT2D eigenvalue weighted by atomic mass is 35.5. The number of hydrogen-bond donors (Lipinski definition) is 0. The van der Waals surface area contributed by atoms with Gasteiger partial charge in [0.2, 0.25) is 0 Å². The first-order chi connectivity index (χ1) is 13.0. The summed E-state index contributed by atoms with van der Waals surface area (Å²) in [6.45, 7) is 0.418. The summed E-state index contributed by atoms with van der Waals surface area (Å²) in [6, 6.07) is 13.0. The molecule has 0 bridgehead atoms. The molecule has 0 fully saturated rings. The third kappa shape index (κ3) is 4.23. The lowest BCUT2D eigenvalue weighted by Crippen LogP contribution is -2.26. The maximum Gasteiger partial charge on any atom is 0.273 e. The first-order valence-corrected chi connectivity index (χ1v) is 9.46. The van der Waals surface area contributed by atoms with Crippen LogP contribution in [0.3, 0.4) is 0 Å². The molecule has 2 aromatic carbocycles. The summed E-state index contributed by atoms with van der Waals surface area (Å²) in [7, 11) is 4.91. The molecule has 0 saturated heterocycles. The Hall–Kier alpha value is -2.57. The molecule has 0 radical (unpaired) electrons. The highest BCUT2D eigenvalue weighted by molar-refractivity contribution is 7.13. The van der Waals surface area contributed by atoms with Crippen molar-refractivity contribution in [2.24, 2.45) is 0 Å². The van der Waals surface area contributed by atoms with Crippen LogP contribution < -0.4 is 9.47 Å². The number of aromatic nitrogens is 1. The number of halogens is 1. The van der Waals surface area contributed by atoms with Crippen molar-refractivity contribution in [3.8, 4) is 22.1 Å². The van der Waals surface area contributed by atoms with Gasteiger partial charge in [0.25, 0.3) is 5.91 Å². The summed E-state index contributed by atoms with van der Waals surface area (Å²) in [4.78, 5) is 18.8. The van der Waals surface area contributed by atoms with Crippen LogP contribution >= 0.6 is 22.9 Å². The van der Waals surface area contributed by atoms with Gasteiger partial charge >= 0.3 is 0 Å². The van der Waals surface area contributed by atoms with Gasteiger partial charge in [-0.2, -0.15) is 0 Å². The van der Waals surface area contributed by atoms with Gasteiger partial charge in [-0.05, 0) is 29.8 Å². The van der Waals surface area contributed by atoms with E-state index >= 15 is 0 Å². The van der Waals surface area contributed by atoms with E-state index in [9.17, 15) is 4.79 Å². The Morgan fingerprint density at radius 3 is 2.59 bits per heavy atom. The fraction of sp³-hybridized carbons (Fsp3) is 0.200. The molecule has 1 heterocycles. The predicted octanol–water partition coefficient (Wildman–Crippen LogP) is 4.75. The molecular formula is C20H19ClN2O3S. The van der Waals surface area contributed by atoms with Crippen LogP contribution in [0.15, 0.2) is 47.8 Å². The van der Waals surface area contributed by atoms with E-state index in [0.29, 0.717) is 28.8 Å². The van der Waals surface area contributed by atoms with Gasteiger partial charge in [0.05, 0.1) is 14.2 Å². The molecular weight excluding hydrogens is 384 g/mol. The van der Waals surface area contributed by atoms with E-state index < -0.39 is 0 Å². The van der Waals surface area contributed by atoms with Crippen LogP contribution in [0.2, 0.25) is 5.02 Å². The van der Waals surface area contributed by atoms with E-state index in [0.717, 1.165) is 16.1 Å². The van der Waals surface area contributed by atoms with E-state index in [4.69, 9.17) is 21.1 Å². The summed E-state index contributed by atoms with van der Waals surface area (Å²) in [5.74, 6) is 1.11. The van der Waals surface area contributed by atoms with Gasteiger partial charge in [-0.3, -0.25) is 4.79 Å². The molecule has 0 aliphatic heterocycles. The third-order valence-corrected chi connectivity index (χ3v) is 5.33. The molecule has 0 aliphatic carbocycles. The van der Waals surface area contributed by atoms with Gasteiger partial charge in [-0.25, -0.2) is 4.98 Å². The van der Waals surface area contributed by atoms with E-state index in [1.807, 2.05) is 42.5 Å². The number of thiazole rings is 1. The lowest BCUT2D eigenvalue weighted by Gasteiger charge is -2.16. The molecule has 0 N–H and O–H groups in total. The number of nitrogens with zero attached hydrogens (tertiary/aromatic N) is 2. The molecule has 3 aromatic rings. The van der Waals surface area contributed by atoms with Gasteiger partial charge in [-0.15, -0.1) is 11.3 Å². The van der Waals surface area contributed by atoms with Crippen molar-refractivity contribution in [3.05, 3.63) is 64.1 Å². The molecule has 1 aromatic heterocycles. The fourth-order valence-electron chi connectivity index (χ4n) is 2.62. The second kappa shape index (κ2) is 8.41. The number of benzene rings is 2. The largest absolute Gasteiger partial charge is 0.493 e. The first-order valence-electron chi connectivity index (χ1n) is 8.20. The molecule has 7 heteroatoms. The fourth-order valence-corrected chi connectivity index (χ4v) is 3.61. The Morgan fingerprint density at radius 1 is 1.15 bits per heavy atom. The normalized spacial score (nSPS) is 10.5. The number of rotatable bonds is 6. The van der Waals surface area contributed by atoms with Gasteiger partial charge in [0.15, 0.2) is 11.5 Å². The summed E-state index contributed by atoms with van der Waals surface area (Å²) >= 11 is 7.59. The minimum absolute atomic E-state index is 0.155. The lowest BCUT2D eigenvalue weighted by molar-refractivity contribution is 0.0780. The van der Waals surface area contributed by atoms with Crippen molar-refractivity contribution in [1.82, 2.24) is 9.88 Å². The van der Waals surface area contributed by atoms with Crippen LogP contribution in [0.25, 0.3) is 10.6 Å². The smallest absolute Gasteiger partial charge is 0.273 e. The minimum atomic E-state index is -0.155. The zero-order chi connectivity index (χ0) is 19.4. The highest BCUT2D eigenvalue weighted by Crippen LogP contribution is 2.33. The van der Waals surface area contributed by atoms with Gasteiger partial charge in [0.1, 0.15) is 10.7 Å². The average Bonchev–Trinajstić information content (AvgIpc) is 3.18. The topological polar surface area (TPSA) is 51.7 Å². The van der Waals surface area contributed by atoms with Crippen LogP contribution in [-0.2, 0) is 6.54 Å². The Kier molecular flexibility index (Phi) is 5.98. The number of hydrogen-bond acceptors (Lipinski definition) is 5. The number of carbonyl (C=O) groups excluding carboxylic acids is 1. The highest BCUT2D eigenvalue weighted by Gasteiger charge is 2.18. The number of methoxy groups -OCH3 is 2. The van der Waals surface area contributed by atoms with Crippen LogP contribution in [0.5, 0.6) is 11.5 Å². The average molecular weight is 403 g/mol. The molecule has 0 saturated carbocycles. The van der Waals surface area contributed by atoms with Crippen molar-refractivity contribution in [2.75, 3.05) is 21.3 Å². The molecule has 140 valence electrons. The Labute approximate surface area is 167 Å². The van der Waals surface area contributed by atoms with Crippen LogP contribution in [0, 0.1) is 0 Å². The second-order valence-electron chi connectivity index (χ2n) is 5.86. The van der Waals surface area contributed by atoms with Crippen molar-refractivity contribution in [1.29, 1.82) is 0 Å². The molecule has 0 unspecified atom stereocenters. The monoisotopic (exact) mass is 402 g/mol. The minimum Gasteiger partial charge on any atom is -0.493 e. The summed E-state index contributed by atoms with van der Waals surface area (Å²) in [5, 5.41) is 3.14. The summed E-state index contributed by atoms with van der Waals surface area (Å²) in [6.07, 6.45) is 0. The third-order valence-electron chi connectivity index (χ3n) is 4.07. The standard InChI is InChI=1S/C20H19ClN2O3S/c1-23(11-14-6-4-5-7-15(14)21)20(24)16-12-27-19(22-16)13-8-9-17(25-2)18(10-13)26-3/h4-10,12H,11H2,1-3H3. The van der Waals surface area contributed by atoms with Crippen molar-refractivity contribution >= 4 is 28.8 Å². The van der Waals surface area contributed by atoms with Crippen molar-refractivity contribution in [3.63, 3.8) is 0 Å². The van der Waals surface area contributed by atoms with Gasteiger partial charge in [-0.1, -0.05) is 29.8 Å². The van der Waals surface area contributed by atoms with Crippen LogP contribution in [0.1, 0.15) is 16.1 Å². The zero-order valence-electron chi connectivity index (χ0n) is 15.2. The second-order valence-corrected chi connectivity index (χ2v) is 7.13. The predicted molar refractivity (Wildman–Crippen MR) is 108 cm³/mol. The van der Waals surface area contributed by atoms with Gasteiger partial charge in [0, 0.05) is 29.6 Å². The molecule has 1 amide bonds. The number of ether oxygens (including phenoxy) is 2. The van der Waals surface area contributed by atoms with E-state index in [1.54, 1.807) is 31.5 Å². The van der Waals surface area contributed by atoms with E-state index in [-0.39, 0.29) is 5.91 Å². The summed E-state index contributed by atoms with van der Waals surface area (Å²) in [5.41, 5.74) is 2.16. The zero-order valence-corrected chi connectivity index (χ0v) is 16.8. The van der Waals surface area contributed by atoms with Crippen molar-refractivity contribution < 1.29 is 14.3 Å². The molecule has 27 heavy (non-hydrogen) atoms.